The molecule has 0 amide bonds. The number of benzene rings is 1. The first-order valence-corrected chi connectivity index (χ1v) is 10.1. The zero-order chi connectivity index (χ0) is 22.9. The number of pyridine rings is 1. The number of hydrogen-bond acceptors (Lipinski definition) is 6. The fourth-order valence-electron chi connectivity index (χ4n) is 4.10. The van der Waals surface area contributed by atoms with Crippen molar-refractivity contribution in [3.63, 3.8) is 0 Å². The minimum atomic E-state index is -5.08. The van der Waals surface area contributed by atoms with Gasteiger partial charge in [0.2, 0.25) is 11.7 Å². The largest absolute Gasteiger partial charge is 0.490 e. The zero-order valence-corrected chi connectivity index (χ0v) is 17.2. The summed E-state index contributed by atoms with van der Waals surface area (Å²) >= 11 is 0. The summed E-state index contributed by atoms with van der Waals surface area (Å²) in [6.07, 6.45) is -0.181. The first-order valence-electron chi connectivity index (χ1n) is 10.1. The van der Waals surface area contributed by atoms with Crippen molar-refractivity contribution in [2.75, 3.05) is 6.54 Å². The molecule has 0 unspecified atom stereocenters. The summed E-state index contributed by atoms with van der Waals surface area (Å²) < 4.78 is 37.4. The molecule has 32 heavy (non-hydrogen) atoms. The van der Waals surface area contributed by atoms with Crippen molar-refractivity contribution >= 4 is 5.97 Å². The average Bonchev–Trinajstić information content (AvgIpc) is 3.40. The Morgan fingerprint density at radius 2 is 1.84 bits per heavy atom. The molecule has 0 bridgehead atoms. The van der Waals surface area contributed by atoms with Crippen molar-refractivity contribution in [2.24, 2.45) is 0 Å². The van der Waals surface area contributed by atoms with Crippen LogP contribution < -0.4 is 5.32 Å². The maximum absolute atomic E-state index is 10.6. The number of carboxylic acids is 1. The molecule has 0 radical (unpaired) electrons. The Hall–Kier alpha value is -3.27. The lowest BCUT2D eigenvalue weighted by Crippen LogP contribution is -2.24. The van der Waals surface area contributed by atoms with Crippen molar-refractivity contribution in [3.8, 4) is 11.4 Å². The number of fused-ring (bicyclic) bond motifs is 2. The topological polar surface area (TPSA) is 101 Å². The van der Waals surface area contributed by atoms with Gasteiger partial charge in [-0.25, -0.2) is 4.79 Å². The van der Waals surface area contributed by atoms with Crippen molar-refractivity contribution < 1.29 is 27.6 Å². The second kappa shape index (κ2) is 8.70. The molecule has 3 heterocycles. The molecule has 1 aliphatic heterocycles. The van der Waals surface area contributed by atoms with E-state index in [1.807, 2.05) is 13.1 Å². The molecule has 0 saturated carbocycles. The van der Waals surface area contributed by atoms with Gasteiger partial charge in [0, 0.05) is 29.9 Å². The molecule has 5 rings (SSSR count). The normalized spacial score (nSPS) is 15.5. The molecule has 0 spiro atoms. The van der Waals surface area contributed by atoms with Gasteiger partial charge < -0.3 is 14.9 Å². The quantitative estimate of drug-likeness (QED) is 0.620. The third kappa shape index (κ3) is 4.50. The standard InChI is InChI=1S/C20H20N4O.C2HF3O2/c1-12-18(17-6-7-21-10-16(17)11-22-12)19-23-20(25-24-19)15-8-13-4-2-3-5-14(13)9-15;3-2(4,5)1(6)7/h2-5,11,15,21H,6-10H2,1H3;(H,6,7). The van der Waals surface area contributed by atoms with E-state index in [0.29, 0.717) is 5.82 Å². The van der Waals surface area contributed by atoms with Crippen LogP contribution in [0.4, 0.5) is 13.2 Å². The lowest BCUT2D eigenvalue weighted by atomic mass is 9.95. The van der Waals surface area contributed by atoms with Gasteiger partial charge in [0.25, 0.3) is 0 Å². The molecule has 1 aromatic carbocycles. The Balaban J connectivity index is 0.000000307. The minimum Gasteiger partial charge on any atom is -0.475 e. The molecule has 0 fully saturated rings. The van der Waals surface area contributed by atoms with Gasteiger partial charge in [-0.1, -0.05) is 29.4 Å². The molecule has 168 valence electrons. The summed E-state index contributed by atoms with van der Waals surface area (Å²) in [6, 6.07) is 8.59. The average molecular weight is 446 g/mol. The van der Waals surface area contributed by atoms with Crippen LogP contribution in [0.3, 0.4) is 0 Å². The van der Waals surface area contributed by atoms with Crippen LogP contribution in [0.25, 0.3) is 11.4 Å². The SMILES string of the molecule is Cc1ncc2c(c1-c1noc(C3Cc4ccccc4C3)n1)CCNC2.O=C(O)C(F)(F)F. The number of nitrogens with one attached hydrogen (secondary N) is 1. The van der Waals surface area contributed by atoms with E-state index in [9.17, 15) is 13.2 Å². The summed E-state index contributed by atoms with van der Waals surface area (Å²) in [5, 5.41) is 14.8. The number of carboxylic acid groups (broad SMARTS) is 1. The molecule has 3 aromatic rings. The Kier molecular flexibility index (Phi) is 5.96. The summed E-state index contributed by atoms with van der Waals surface area (Å²) in [4.78, 5) is 18.2. The Labute approximate surface area is 181 Å². The molecular weight excluding hydrogens is 425 g/mol. The molecule has 10 heteroatoms. The van der Waals surface area contributed by atoms with E-state index in [2.05, 4.69) is 39.7 Å². The summed E-state index contributed by atoms with van der Waals surface area (Å²) in [6.45, 7) is 3.86. The molecular formula is C22H21F3N4O3. The Morgan fingerprint density at radius 1 is 1.19 bits per heavy atom. The van der Waals surface area contributed by atoms with E-state index in [1.165, 1.54) is 22.3 Å². The van der Waals surface area contributed by atoms with Crippen LogP contribution in [-0.4, -0.2) is 38.9 Å². The molecule has 0 saturated heterocycles. The first-order chi connectivity index (χ1) is 15.2. The number of hydrogen-bond donors (Lipinski definition) is 2. The second-order valence-corrected chi connectivity index (χ2v) is 7.78. The fourth-order valence-corrected chi connectivity index (χ4v) is 4.10. The maximum atomic E-state index is 10.6. The number of halogens is 3. The molecule has 2 aromatic heterocycles. The molecule has 0 atom stereocenters. The highest BCUT2D eigenvalue weighted by molar-refractivity contribution is 5.73. The van der Waals surface area contributed by atoms with Crippen LogP contribution in [-0.2, 0) is 30.6 Å². The highest BCUT2D eigenvalue weighted by Gasteiger charge is 2.38. The van der Waals surface area contributed by atoms with Crippen LogP contribution in [0.2, 0.25) is 0 Å². The Bertz CT molecular complexity index is 1120. The third-order valence-electron chi connectivity index (χ3n) is 5.64. The monoisotopic (exact) mass is 446 g/mol. The van der Waals surface area contributed by atoms with Crippen molar-refractivity contribution in [3.05, 3.63) is 64.3 Å². The smallest absolute Gasteiger partial charge is 0.475 e. The third-order valence-corrected chi connectivity index (χ3v) is 5.64. The Morgan fingerprint density at radius 3 is 2.47 bits per heavy atom. The minimum absolute atomic E-state index is 0.285. The lowest BCUT2D eigenvalue weighted by Gasteiger charge is -2.19. The highest BCUT2D eigenvalue weighted by atomic mass is 19.4. The fraction of sp³-hybridized carbons (Fsp3) is 0.364. The van der Waals surface area contributed by atoms with Crippen LogP contribution in [0.1, 0.15) is 39.8 Å². The number of nitrogens with zero attached hydrogens (tertiary/aromatic N) is 3. The van der Waals surface area contributed by atoms with Gasteiger partial charge in [0.15, 0.2) is 0 Å². The van der Waals surface area contributed by atoms with Gasteiger partial charge in [-0.05, 0) is 55.0 Å². The molecule has 7 nitrogen and oxygen atoms in total. The van der Waals surface area contributed by atoms with Crippen LogP contribution in [0.15, 0.2) is 35.0 Å². The number of rotatable bonds is 2. The van der Waals surface area contributed by atoms with Crippen molar-refractivity contribution in [2.45, 2.75) is 44.8 Å². The number of aromatic nitrogens is 3. The number of aliphatic carboxylic acids is 1. The van der Waals surface area contributed by atoms with Crippen molar-refractivity contribution in [1.29, 1.82) is 0 Å². The lowest BCUT2D eigenvalue weighted by molar-refractivity contribution is -0.192. The maximum Gasteiger partial charge on any atom is 0.490 e. The van der Waals surface area contributed by atoms with Crippen molar-refractivity contribution in [1.82, 2.24) is 20.4 Å². The van der Waals surface area contributed by atoms with Gasteiger partial charge in [-0.15, -0.1) is 0 Å². The van der Waals surface area contributed by atoms with E-state index in [0.717, 1.165) is 49.5 Å². The predicted molar refractivity (Wildman–Crippen MR) is 108 cm³/mol. The number of alkyl halides is 3. The van der Waals surface area contributed by atoms with E-state index < -0.39 is 12.1 Å². The van der Waals surface area contributed by atoms with E-state index in [4.69, 9.17) is 19.4 Å². The summed E-state index contributed by atoms with van der Waals surface area (Å²) in [5.74, 6) is -1.03. The summed E-state index contributed by atoms with van der Waals surface area (Å²) in [5.41, 5.74) is 7.38. The molecule has 2 N–H and O–H groups in total. The van der Waals surface area contributed by atoms with E-state index in [1.54, 1.807) is 0 Å². The van der Waals surface area contributed by atoms with Gasteiger partial charge in [0.1, 0.15) is 0 Å². The number of aryl methyl sites for hydroxylation is 1. The number of carbonyl (C=O) groups is 1. The van der Waals surface area contributed by atoms with Gasteiger partial charge in [0.05, 0.1) is 0 Å². The van der Waals surface area contributed by atoms with Gasteiger partial charge >= 0.3 is 12.1 Å². The highest BCUT2D eigenvalue weighted by Crippen LogP contribution is 2.35. The van der Waals surface area contributed by atoms with Gasteiger partial charge in [-0.2, -0.15) is 18.2 Å². The van der Waals surface area contributed by atoms with Crippen LogP contribution >= 0.6 is 0 Å². The van der Waals surface area contributed by atoms with Crippen LogP contribution in [0, 0.1) is 6.92 Å². The van der Waals surface area contributed by atoms with E-state index in [-0.39, 0.29) is 5.92 Å². The van der Waals surface area contributed by atoms with Gasteiger partial charge in [-0.3, -0.25) is 4.98 Å². The summed E-state index contributed by atoms with van der Waals surface area (Å²) in [7, 11) is 0. The molecule has 1 aliphatic carbocycles. The van der Waals surface area contributed by atoms with Crippen LogP contribution in [0.5, 0.6) is 0 Å². The first kappa shape index (κ1) is 21.9. The second-order valence-electron chi connectivity index (χ2n) is 7.78. The zero-order valence-electron chi connectivity index (χ0n) is 17.2. The predicted octanol–water partition coefficient (Wildman–Crippen LogP) is 3.60. The molecule has 2 aliphatic rings. The van der Waals surface area contributed by atoms with E-state index >= 15 is 0 Å².